The number of hydrogen-bond donors (Lipinski definition) is 0. The molecule has 2 nitrogen and oxygen atoms in total. The number of likely N-dealkylation sites (tertiary alicyclic amines) is 1. The fourth-order valence-electron chi connectivity index (χ4n) is 2.54. The van der Waals surface area contributed by atoms with Crippen LogP contribution in [0.15, 0.2) is 16.6 Å². The first-order valence-electron chi connectivity index (χ1n) is 6.84. The van der Waals surface area contributed by atoms with E-state index in [-0.39, 0.29) is 30.4 Å². The monoisotopic (exact) mass is 421 g/mol. The predicted molar refractivity (Wildman–Crippen MR) is 73.8 cm³/mol. The fourth-order valence-corrected chi connectivity index (χ4v) is 3.01. The molecule has 0 bridgehead atoms. The molecule has 0 spiro atoms. The third-order valence-corrected chi connectivity index (χ3v) is 4.52. The maximum absolute atomic E-state index is 14.1. The number of nitrogens with zero attached hydrogens (tertiary/aromatic N) is 1. The summed E-state index contributed by atoms with van der Waals surface area (Å²) in [4.78, 5) is 13.2. The highest BCUT2D eigenvalue weighted by Crippen LogP contribution is 2.37. The van der Waals surface area contributed by atoms with E-state index in [0.29, 0.717) is 6.07 Å². The largest absolute Gasteiger partial charge is 0.419 e. The van der Waals surface area contributed by atoms with Crippen molar-refractivity contribution in [1.82, 2.24) is 4.90 Å². The van der Waals surface area contributed by atoms with Crippen molar-refractivity contribution in [3.63, 3.8) is 0 Å². The van der Waals surface area contributed by atoms with E-state index >= 15 is 0 Å². The van der Waals surface area contributed by atoms with Crippen molar-refractivity contribution < 1.29 is 35.5 Å². The van der Waals surface area contributed by atoms with Crippen LogP contribution in [0, 0.1) is 11.7 Å². The van der Waals surface area contributed by atoms with Crippen LogP contribution in [0.4, 0.5) is 30.7 Å². The summed E-state index contributed by atoms with van der Waals surface area (Å²) in [6.07, 6.45) is -10.1. The Morgan fingerprint density at radius 2 is 1.62 bits per heavy atom. The van der Waals surface area contributed by atoms with Gasteiger partial charge < -0.3 is 4.90 Å². The Labute approximate surface area is 140 Å². The number of piperidine rings is 1. The van der Waals surface area contributed by atoms with Crippen LogP contribution < -0.4 is 0 Å². The molecule has 0 atom stereocenters. The van der Waals surface area contributed by atoms with E-state index in [9.17, 15) is 35.5 Å². The van der Waals surface area contributed by atoms with Crippen molar-refractivity contribution in [2.75, 3.05) is 13.1 Å². The molecule has 0 unspecified atom stereocenters. The molecule has 0 saturated carbocycles. The van der Waals surface area contributed by atoms with Gasteiger partial charge in [-0.1, -0.05) is 0 Å². The molecule has 1 aliphatic rings. The minimum atomic E-state index is -4.98. The molecule has 1 fully saturated rings. The van der Waals surface area contributed by atoms with Gasteiger partial charge in [-0.15, -0.1) is 0 Å². The number of halogens is 8. The van der Waals surface area contributed by atoms with Gasteiger partial charge in [0, 0.05) is 17.6 Å². The van der Waals surface area contributed by atoms with Crippen molar-refractivity contribution in [3.05, 3.63) is 33.5 Å². The van der Waals surface area contributed by atoms with Crippen molar-refractivity contribution in [2.45, 2.75) is 25.2 Å². The van der Waals surface area contributed by atoms with E-state index in [1.807, 2.05) is 0 Å². The summed E-state index contributed by atoms with van der Waals surface area (Å²) in [5.74, 6) is -4.37. The van der Waals surface area contributed by atoms with Crippen molar-refractivity contribution in [1.29, 1.82) is 0 Å². The molecule has 0 aliphatic carbocycles. The van der Waals surface area contributed by atoms with Crippen LogP contribution in [0.2, 0.25) is 0 Å². The molecule has 1 aromatic carbocycles. The Morgan fingerprint density at radius 3 is 2.08 bits per heavy atom. The lowest BCUT2D eigenvalue weighted by atomic mass is 9.95. The first-order chi connectivity index (χ1) is 10.9. The van der Waals surface area contributed by atoms with E-state index in [0.717, 1.165) is 11.0 Å². The molecule has 134 valence electrons. The number of alkyl halides is 6. The highest BCUT2D eigenvalue weighted by molar-refractivity contribution is 9.10. The summed E-state index contributed by atoms with van der Waals surface area (Å²) in [5.41, 5.74) is -2.42. The van der Waals surface area contributed by atoms with Gasteiger partial charge >= 0.3 is 12.4 Å². The third kappa shape index (κ3) is 3.84. The lowest BCUT2D eigenvalue weighted by Gasteiger charge is -2.33. The zero-order chi connectivity index (χ0) is 18.3. The quantitative estimate of drug-likeness (QED) is 0.583. The molecule has 24 heavy (non-hydrogen) atoms. The molecule has 1 heterocycles. The van der Waals surface area contributed by atoms with Gasteiger partial charge in [-0.25, -0.2) is 4.39 Å². The van der Waals surface area contributed by atoms with Gasteiger partial charge in [0.15, 0.2) is 0 Å². The molecule has 10 heteroatoms. The van der Waals surface area contributed by atoms with Crippen LogP contribution in [0.25, 0.3) is 0 Å². The Morgan fingerprint density at radius 1 is 1.08 bits per heavy atom. The summed E-state index contributed by atoms with van der Waals surface area (Å²) >= 11 is 2.82. The topological polar surface area (TPSA) is 20.3 Å². The van der Waals surface area contributed by atoms with Crippen LogP contribution in [-0.2, 0) is 6.18 Å². The van der Waals surface area contributed by atoms with Gasteiger partial charge in [0.1, 0.15) is 5.82 Å². The number of hydrogen-bond acceptors (Lipinski definition) is 1. The number of benzene rings is 1. The molecule has 0 N–H and O–H groups in total. The molecule has 0 aromatic heterocycles. The second kappa shape index (κ2) is 6.53. The number of carbonyl (C=O) groups excluding carboxylic acids is 1. The first kappa shape index (κ1) is 19.0. The maximum atomic E-state index is 14.1. The zero-order valence-corrected chi connectivity index (χ0v) is 13.5. The highest BCUT2D eigenvalue weighted by Gasteiger charge is 2.43. The van der Waals surface area contributed by atoms with E-state index in [4.69, 9.17) is 0 Å². The second-order valence-electron chi connectivity index (χ2n) is 5.39. The fraction of sp³-hybridized carbons (Fsp3) is 0.500. The van der Waals surface area contributed by atoms with Crippen molar-refractivity contribution >= 4 is 21.8 Å². The Bertz CT molecular complexity index is 633. The van der Waals surface area contributed by atoms with Crippen LogP contribution in [-0.4, -0.2) is 30.1 Å². The van der Waals surface area contributed by atoms with Crippen LogP contribution in [0.3, 0.4) is 0 Å². The van der Waals surface area contributed by atoms with E-state index in [2.05, 4.69) is 15.9 Å². The first-order valence-corrected chi connectivity index (χ1v) is 7.63. The van der Waals surface area contributed by atoms with Gasteiger partial charge in [-0.2, -0.15) is 26.3 Å². The standard InChI is InChI=1S/C14H11BrF7NO/c15-9-2-1-8(14(20,21)22)11(16)10(9)12(24)23-5-3-7(4-6-23)13(17,18)19/h1-2,7H,3-6H2. The summed E-state index contributed by atoms with van der Waals surface area (Å²) in [6.45, 7) is -0.601. The molecule has 1 amide bonds. The summed E-state index contributed by atoms with van der Waals surface area (Å²) in [7, 11) is 0. The van der Waals surface area contributed by atoms with Gasteiger partial charge in [0.2, 0.25) is 0 Å². The second-order valence-corrected chi connectivity index (χ2v) is 6.24. The van der Waals surface area contributed by atoms with Gasteiger partial charge in [-0.3, -0.25) is 4.79 Å². The van der Waals surface area contributed by atoms with E-state index in [1.165, 1.54) is 0 Å². The lowest BCUT2D eigenvalue weighted by molar-refractivity contribution is -0.183. The van der Waals surface area contributed by atoms with E-state index < -0.39 is 41.1 Å². The molecular formula is C14H11BrF7NO. The van der Waals surface area contributed by atoms with E-state index in [1.54, 1.807) is 0 Å². The summed E-state index contributed by atoms with van der Waals surface area (Å²) < 4.78 is 90.0. The van der Waals surface area contributed by atoms with Crippen LogP contribution in [0.5, 0.6) is 0 Å². The average Bonchev–Trinajstić information content (AvgIpc) is 2.45. The minimum Gasteiger partial charge on any atom is -0.338 e. The minimum absolute atomic E-state index is 0.184. The summed E-state index contributed by atoms with van der Waals surface area (Å²) in [6, 6.07) is 1.38. The number of rotatable bonds is 1. The third-order valence-electron chi connectivity index (χ3n) is 3.86. The number of amides is 1. The Kier molecular flexibility index (Phi) is 5.17. The average molecular weight is 422 g/mol. The Hall–Kier alpha value is -1.32. The molecule has 1 saturated heterocycles. The van der Waals surface area contributed by atoms with Crippen molar-refractivity contribution in [3.8, 4) is 0 Å². The normalized spacial score (nSPS) is 17.2. The van der Waals surface area contributed by atoms with Gasteiger partial charge in [-0.05, 0) is 40.9 Å². The number of carbonyl (C=O) groups is 1. The zero-order valence-electron chi connectivity index (χ0n) is 11.9. The summed E-state index contributed by atoms with van der Waals surface area (Å²) in [5, 5.41) is 0. The van der Waals surface area contributed by atoms with Gasteiger partial charge in [0.05, 0.1) is 17.0 Å². The Balaban J connectivity index is 2.25. The molecule has 0 radical (unpaired) electrons. The lowest BCUT2D eigenvalue weighted by Crippen LogP contribution is -2.42. The molecule has 1 aliphatic heterocycles. The predicted octanol–water partition coefficient (Wildman–Crippen LogP) is 5.02. The van der Waals surface area contributed by atoms with Crippen LogP contribution >= 0.6 is 15.9 Å². The van der Waals surface area contributed by atoms with Crippen LogP contribution in [0.1, 0.15) is 28.8 Å². The molecule has 2 rings (SSSR count). The SMILES string of the molecule is O=C(c1c(Br)ccc(C(F)(F)F)c1F)N1CCC(C(F)(F)F)CC1. The molecular weight excluding hydrogens is 411 g/mol. The maximum Gasteiger partial charge on any atom is 0.419 e. The van der Waals surface area contributed by atoms with Crippen molar-refractivity contribution in [2.24, 2.45) is 5.92 Å². The smallest absolute Gasteiger partial charge is 0.338 e. The van der Waals surface area contributed by atoms with Gasteiger partial charge in [0.25, 0.3) is 5.91 Å². The highest BCUT2D eigenvalue weighted by atomic mass is 79.9. The molecule has 1 aromatic rings.